The molecule has 6 heteroatoms. The Kier molecular flexibility index (Phi) is 4.80. The lowest BCUT2D eigenvalue weighted by molar-refractivity contribution is 0.346. The highest BCUT2D eigenvalue weighted by Crippen LogP contribution is 2.20. The van der Waals surface area contributed by atoms with E-state index >= 15 is 0 Å². The number of nitrogens with two attached hydrogens (primary N) is 1. The van der Waals surface area contributed by atoms with Crippen LogP contribution in [-0.2, 0) is 16.4 Å². The predicted molar refractivity (Wildman–Crippen MR) is 71.9 cm³/mol. The van der Waals surface area contributed by atoms with Crippen LogP contribution in [0.1, 0.15) is 5.56 Å². The molecule has 2 N–H and O–H groups in total. The number of nitrogens with zero attached hydrogens (tertiary/aromatic N) is 1. The molecule has 0 spiro atoms. The van der Waals surface area contributed by atoms with Gasteiger partial charge in [0.2, 0.25) is 0 Å². The summed E-state index contributed by atoms with van der Waals surface area (Å²) in [6, 6.07) is 5.44. The van der Waals surface area contributed by atoms with E-state index in [-0.39, 0.29) is 5.75 Å². The van der Waals surface area contributed by atoms with Crippen molar-refractivity contribution in [1.82, 2.24) is 4.90 Å². The first-order valence-corrected chi connectivity index (χ1v) is 7.62. The van der Waals surface area contributed by atoms with Crippen molar-refractivity contribution < 1.29 is 8.42 Å². The molecule has 96 valence electrons. The zero-order valence-corrected chi connectivity index (χ0v) is 11.6. The molecule has 0 atom stereocenters. The molecule has 0 aliphatic rings. The first-order chi connectivity index (χ1) is 7.78. The van der Waals surface area contributed by atoms with Crippen molar-refractivity contribution in [1.29, 1.82) is 0 Å². The molecule has 0 heterocycles. The maximum Gasteiger partial charge on any atom is 0.148 e. The minimum absolute atomic E-state index is 0.159. The first-order valence-electron chi connectivity index (χ1n) is 5.18. The Bertz CT molecular complexity index is 488. The Morgan fingerprint density at radius 2 is 2.06 bits per heavy atom. The molecule has 0 saturated carbocycles. The topological polar surface area (TPSA) is 63.4 Å². The molecular weight excluding hydrogens is 260 g/mol. The minimum Gasteiger partial charge on any atom is -0.398 e. The van der Waals surface area contributed by atoms with Crippen molar-refractivity contribution in [3.05, 3.63) is 28.8 Å². The van der Waals surface area contributed by atoms with Crippen LogP contribution >= 0.6 is 11.6 Å². The van der Waals surface area contributed by atoms with Crippen LogP contribution in [0.4, 0.5) is 5.69 Å². The molecule has 0 unspecified atom stereocenters. The quantitative estimate of drug-likeness (QED) is 0.826. The number of benzene rings is 1. The van der Waals surface area contributed by atoms with E-state index in [4.69, 9.17) is 17.3 Å². The fourth-order valence-electron chi connectivity index (χ4n) is 1.38. The van der Waals surface area contributed by atoms with E-state index in [0.717, 1.165) is 5.56 Å². The van der Waals surface area contributed by atoms with Gasteiger partial charge in [0.05, 0.1) is 16.5 Å². The third kappa shape index (κ3) is 5.39. The highest BCUT2D eigenvalue weighted by atomic mass is 35.5. The molecule has 0 radical (unpaired) electrons. The number of sulfone groups is 1. The van der Waals surface area contributed by atoms with E-state index in [1.807, 2.05) is 18.0 Å². The van der Waals surface area contributed by atoms with E-state index in [1.165, 1.54) is 6.26 Å². The monoisotopic (exact) mass is 276 g/mol. The molecule has 0 aromatic heterocycles. The summed E-state index contributed by atoms with van der Waals surface area (Å²) in [4.78, 5) is 1.93. The van der Waals surface area contributed by atoms with Crippen molar-refractivity contribution >= 4 is 27.1 Å². The van der Waals surface area contributed by atoms with Gasteiger partial charge in [-0.05, 0) is 24.7 Å². The highest BCUT2D eigenvalue weighted by Gasteiger charge is 2.07. The molecule has 17 heavy (non-hydrogen) atoms. The summed E-state index contributed by atoms with van der Waals surface area (Å²) in [6.45, 7) is 1.15. The maximum absolute atomic E-state index is 11.0. The lowest BCUT2D eigenvalue weighted by atomic mass is 10.2. The fourth-order valence-corrected chi connectivity index (χ4v) is 2.23. The average Bonchev–Trinajstić information content (AvgIpc) is 2.20. The third-order valence-electron chi connectivity index (χ3n) is 2.36. The van der Waals surface area contributed by atoms with Crippen LogP contribution in [0.3, 0.4) is 0 Å². The smallest absolute Gasteiger partial charge is 0.148 e. The lowest BCUT2D eigenvalue weighted by Crippen LogP contribution is -2.24. The number of rotatable bonds is 5. The van der Waals surface area contributed by atoms with Crippen LogP contribution < -0.4 is 5.73 Å². The van der Waals surface area contributed by atoms with Crippen LogP contribution in [0.2, 0.25) is 5.02 Å². The second kappa shape index (κ2) is 5.71. The zero-order chi connectivity index (χ0) is 13.1. The number of halogens is 1. The van der Waals surface area contributed by atoms with Crippen molar-refractivity contribution in [2.24, 2.45) is 0 Å². The number of nitrogen functional groups attached to an aromatic ring is 1. The molecular formula is C11H17ClN2O2S. The Morgan fingerprint density at radius 3 is 2.59 bits per heavy atom. The summed E-state index contributed by atoms with van der Waals surface area (Å²) in [5.41, 5.74) is 7.17. The van der Waals surface area contributed by atoms with Gasteiger partial charge in [0.25, 0.3) is 0 Å². The number of hydrogen-bond donors (Lipinski definition) is 1. The van der Waals surface area contributed by atoms with Gasteiger partial charge in [-0.25, -0.2) is 8.42 Å². The second-order valence-corrected chi connectivity index (χ2v) is 6.89. The molecule has 4 nitrogen and oxygen atoms in total. The summed E-state index contributed by atoms with van der Waals surface area (Å²) in [5.74, 6) is 0.159. The van der Waals surface area contributed by atoms with Crippen molar-refractivity contribution in [2.75, 3.05) is 31.3 Å². The molecule has 0 aliphatic heterocycles. The van der Waals surface area contributed by atoms with E-state index in [2.05, 4.69) is 0 Å². The first kappa shape index (κ1) is 14.3. The lowest BCUT2D eigenvalue weighted by Gasteiger charge is -2.16. The number of hydrogen-bond acceptors (Lipinski definition) is 4. The minimum atomic E-state index is -2.91. The summed E-state index contributed by atoms with van der Waals surface area (Å²) >= 11 is 5.91. The largest absolute Gasteiger partial charge is 0.398 e. The van der Waals surface area contributed by atoms with Crippen molar-refractivity contribution in [3.63, 3.8) is 0 Å². The van der Waals surface area contributed by atoms with Gasteiger partial charge in [0.15, 0.2) is 0 Å². The van der Waals surface area contributed by atoms with Gasteiger partial charge in [-0.15, -0.1) is 0 Å². The van der Waals surface area contributed by atoms with Gasteiger partial charge in [0, 0.05) is 19.3 Å². The number of anilines is 1. The normalized spacial score (nSPS) is 12.0. The Labute approximate surface area is 107 Å². The van der Waals surface area contributed by atoms with Crippen molar-refractivity contribution in [2.45, 2.75) is 6.54 Å². The predicted octanol–water partition coefficient (Wildman–Crippen LogP) is 1.40. The Hall–Kier alpha value is -0.780. The standard InChI is InChI=1S/C11H17ClN2O2S/c1-14(5-6-17(2,15)16)8-9-3-4-11(13)10(12)7-9/h3-4,7H,5-6,8,13H2,1-2H3. The third-order valence-corrected chi connectivity index (χ3v) is 3.61. The van der Waals surface area contributed by atoms with E-state index < -0.39 is 9.84 Å². The van der Waals surface area contributed by atoms with E-state index in [0.29, 0.717) is 23.8 Å². The SMILES string of the molecule is CN(CCS(C)(=O)=O)Cc1ccc(N)c(Cl)c1. The second-order valence-electron chi connectivity index (χ2n) is 4.22. The van der Waals surface area contributed by atoms with Gasteiger partial charge in [-0.3, -0.25) is 0 Å². The summed E-state index contributed by atoms with van der Waals surface area (Å²) in [5, 5.41) is 0.527. The van der Waals surface area contributed by atoms with Gasteiger partial charge >= 0.3 is 0 Å². The van der Waals surface area contributed by atoms with Gasteiger partial charge in [-0.1, -0.05) is 17.7 Å². The average molecular weight is 277 g/mol. The highest BCUT2D eigenvalue weighted by molar-refractivity contribution is 7.90. The summed E-state index contributed by atoms with van der Waals surface area (Å²) < 4.78 is 22.0. The van der Waals surface area contributed by atoms with Gasteiger partial charge in [-0.2, -0.15) is 0 Å². The van der Waals surface area contributed by atoms with Crippen LogP contribution in [0, 0.1) is 0 Å². The maximum atomic E-state index is 11.0. The van der Waals surface area contributed by atoms with Gasteiger partial charge in [0.1, 0.15) is 9.84 Å². The molecule has 1 aromatic rings. The molecule has 0 fully saturated rings. The Morgan fingerprint density at radius 1 is 1.41 bits per heavy atom. The van der Waals surface area contributed by atoms with Crippen molar-refractivity contribution in [3.8, 4) is 0 Å². The molecule has 0 bridgehead atoms. The van der Waals surface area contributed by atoms with E-state index in [9.17, 15) is 8.42 Å². The fraction of sp³-hybridized carbons (Fsp3) is 0.455. The van der Waals surface area contributed by atoms with Crippen LogP contribution in [0.25, 0.3) is 0 Å². The van der Waals surface area contributed by atoms with Crippen LogP contribution in [-0.4, -0.2) is 38.9 Å². The molecule has 1 rings (SSSR count). The van der Waals surface area contributed by atoms with Crippen LogP contribution in [0.5, 0.6) is 0 Å². The summed E-state index contributed by atoms with van der Waals surface area (Å²) in [7, 11) is -1.04. The summed E-state index contributed by atoms with van der Waals surface area (Å²) in [6.07, 6.45) is 1.24. The zero-order valence-electron chi connectivity index (χ0n) is 9.98. The van der Waals surface area contributed by atoms with Gasteiger partial charge < -0.3 is 10.6 Å². The molecule has 0 amide bonds. The molecule has 0 aliphatic carbocycles. The van der Waals surface area contributed by atoms with Crippen LogP contribution in [0.15, 0.2) is 18.2 Å². The Balaban J connectivity index is 2.56. The molecule has 0 saturated heterocycles. The molecule has 1 aromatic carbocycles. The van der Waals surface area contributed by atoms with E-state index in [1.54, 1.807) is 12.1 Å².